The molecule has 0 saturated heterocycles. The quantitative estimate of drug-likeness (QED) is 0.480. The van der Waals surface area contributed by atoms with Crippen LogP contribution in [0.4, 0.5) is 0 Å². The molecule has 0 aliphatic heterocycles. The Morgan fingerprint density at radius 2 is 2.00 bits per heavy atom. The molecule has 4 nitrogen and oxygen atoms in total. The van der Waals surface area contributed by atoms with Gasteiger partial charge in [0, 0.05) is 13.1 Å². The zero-order chi connectivity index (χ0) is 14.9. The van der Waals surface area contributed by atoms with E-state index in [4.69, 9.17) is 4.74 Å². The summed E-state index contributed by atoms with van der Waals surface area (Å²) in [7, 11) is 1.80. The molecule has 0 aromatic heterocycles. The first-order chi connectivity index (χ1) is 10.3. The van der Waals surface area contributed by atoms with E-state index in [-0.39, 0.29) is 6.10 Å². The molecule has 0 spiro atoms. The number of nitrogens with zero attached hydrogens (tertiary/aromatic N) is 1. The van der Waals surface area contributed by atoms with Gasteiger partial charge in [-0.05, 0) is 31.4 Å². The van der Waals surface area contributed by atoms with Gasteiger partial charge in [0.25, 0.3) is 0 Å². The van der Waals surface area contributed by atoms with E-state index in [0.29, 0.717) is 6.04 Å². The van der Waals surface area contributed by atoms with E-state index >= 15 is 0 Å². The van der Waals surface area contributed by atoms with Crippen LogP contribution in [-0.2, 0) is 0 Å². The first-order valence-corrected chi connectivity index (χ1v) is 7.65. The Kier molecular flexibility index (Phi) is 6.13. The fourth-order valence-corrected chi connectivity index (χ4v) is 2.29. The molecule has 1 aliphatic rings. The molecule has 0 bridgehead atoms. The fraction of sp³-hybridized carbons (Fsp3) is 0.471. The van der Waals surface area contributed by atoms with Gasteiger partial charge in [0.15, 0.2) is 5.96 Å². The Bertz CT molecular complexity index is 462. The number of ether oxygens (including phenoxy) is 1. The van der Waals surface area contributed by atoms with Crippen LogP contribution >= 0.6 is 0 Å². The molecular weight excluding hydrogens is 262 g/mol. The van der Waals surface area contributed by atoms with Crippen molar-refractivity contribution in [3.05, 3.63) is 42.5 Å². The predicted molar refractivity (Wildman–Crippen MR) is 87.8 cm³/mol. The van der Waals surface area contributed by atoms with Gasteiger partial charge in [-0.25, -0.2) is 0 Å². The first-order valence-electron chi connectivity index (χ1n) is 7.65. The van der Waals surface area contributed by atoms with E-state index in [0.717, 1.165) is 37.5 Å². The van der Waals surface area contributed by atoms with Gasteiger partial charge >= 0.3 is 0 Å². The van der Waals surface area contributed by atoms with Crippen LogP contribution in [0.15, 0.2) is 47.5 Å². The van der Waals surface area contributed by atoms with Crippen LogP contribution in [0.2, 0.25) is 0 Å². The molecule has 0 amide bonds. The van der Waals surface area contributed by atoms with Gasteiger partial charge in [-0.1, -0.05) is 37.3 Å². The summed E-state index contributed by atoms with van der Waals surface area (Å²) in [5.74, 6) is 1.76. The maximum atomic E-state index is 5.97. The van der Waals surface area contributed by atoms with Crippen LogP contribution in [-0.4, -0.2) is 31.7 Å². The van der Waals surface area contributed by atoms with Crippen molar-refractivity contribution >= 4 is 5.96 Å². The Balaban J connectivity index is 1.78. The minimum Gasteiger partial charge on any atom is -0.489 e. The Labute approximate surface area is 127 Å². The molecule has 0 radical (unpaired) electrons. The average Bonchev–Trinajstić information content (AvgIpc) is 3.04. The van der Waals surface area contributed by atoms with Crippen molar-refractivity contribution in [2.45, 2.75) is 38.3 Å². The van der Waals surface area contributed by atoms with E-state index in [9.17, 15) is 0 Å². The highest BCUT2D eigenvalue weighted by atomic mass is 16.5. The SMILES string of the molecule is CCC(CNC(=NC)NC1CC=CC1)Oc1ccccc1. The standard InChI is InChI=1S/C17H25N3O/c1-3-15(21-16-11-5-4-6-12-16)13-19-17(18-2)20-14-9-7-8-10-14/h4-8,11-12,14-15H,3,9-10,13H2,1-2H3,(H2,18,19,20). The highest BCUT2D eigenvalue weighted by Gasteiger charge is 2.13. The summed E-state index contributed by atoms with van der Waals surface area (Å²) in [6.07, 6.45) is 7.63. The number of hydrogen-bond acceptors (Lipinski definition) is 2. The van der Waals surface area contributed by atoms with Crippen LogP contribution in [0.25, 0.3) is 0 Å². The van der Waals surface area contributed by atoms with Crippen molar-refractivity contribution in [1.82, 2.24) is 10.6 Å². The molecule has 0 fully saturated rings. The summed E-state index contributed by atoms with van der Waals surface area (Å²) < 4.78 is 5.97. The fourth-order valence-electron chi connectivity index (χ4n) is 2.29. The molecule has 0 heterocycles. The lowest BCUT2D eigenvalue weighted by Gasteiger charge is -2.21. The van der Waals surface area contributed by atoms with Crippen molar-refractivity contribution < 1.29 is 4.74 Å². The summed E-state index contributed by atoms with van der Waals surface area (Å²) in [5.41, 5.74) is 0. The van der Waals surface area contributed by atoms with E-state index in [1.54, 1.807) is 7.05 Å². The molecule has 2 N–H and O–H groups in total. The molecule has 4 heteroatoms. The van der Waals surface area contributed by atoms with Crippen LogP contribution in [0.1, 0.15) is 26.2 Å². The Hall–Kier alpha value is -1.97. The number of benzene rings is 1. The minimum atomic E-state index is 0.132. The molecule has 1 aromatic rings. The van der Waals surface area contributed by atoms with Crippen LogP contribution in [0.5, 0.6) is 5.75 Å². The zero-order valence-electron chi connectivity index (χ0n) is 12.9. The number of rotatable bonds is 6. The molecule has 114 valence electrons. The van der Waals surface area contributed by atoms with E-state index in [1.165, 1.54) is 0 Å². The summed E-state index contributed by atoms with van der Waals surface area (Å²) in [5, 5.41) is 6.78. The van der Waals surface area contributed by atoms with Gasteiger partial charge in [0.05, 0.1) is 6.54 Å². The van der Waals surface area contributed by atoms with Gasteiger partial charge in [-0.2, -0.15) is 0 Å². The third kappa shape index (κ3) is 5.14. The van der Waals surface area contributed by atoms with Crippen LogP contribution < -0.4 is 15.4 Å². The Morgan fingerprint density at radius 1 is 1.29 bits per heavy atom. The minimum absolute atomic E-state index is 0.132. The lowest BCUT2D eigenvalue weighted by Crippen LogP contribution is -2.45. The molecule has 2 rings (SSSR count). The van der Waals surface area contributed by atoms with Crippen molar-refractivity contribution in [3.8, 4) is 5.75 Å². The van der Waals surface area contributed by atoms with Gasteiger partial charge in [-0.3, -0.25) is 4.99 Å². The lowest BCUT2D eigenvalue weighted by molar-refractivity contribution is 0.199. The number of guanidine groups is 1. The second kappa shape index (κ2) is 8.35. The number of nitrogens with one attached hydrogen (secondary N) is 2. The third-order valence-electron chi connectivity index (χ3n) is 3.57. The summed E-state index contributed by atoms with van der Waals surface area (Å²) in [6.45, 7) is 2.87. The highest BCUT2D eigenvalue weighted by molar-refractivity contribution is 5.80. The maximum Gasteiger partial charge on any atom is 0.191 e. The second-order valence-corrected chi connectivity index (χ2v) is 5.20. The molecule has 1 aliphatic carbocycles. The van der Waals surface area contributed by atoms with Gasteiger partial charge in [-0.15, -0.1) is 0 Å². The van der Waals surface area contributed by atoms with Crippen molar-refractivity contribution in [2.75, 3.05) is 13.6 Å². The largest absolute Gasteiger partial charge is 0.489 e. The molecule has 1 unspecified atom stereocenters. The van der Waals surface area contributed by atoms with Crippen molar-refractivity contribution in [2.24, 2.45) is 4.99 Å². The molecule has 1 atom stereocenters. The monoisotopic (exact) mass is 287 g/mol. The summed E-state index contributed by atoms with van der Waals surface area (Å²) >= 11 is 0. The molecule has 0 saturated carbocycles. The molecule has 1 aromatic carbocycles. The average molecular weight is 287 g/mol. The van der Waals surface area contributed by atoms with Crippen molar-refractivity contribution in [1.29, 1.82) is 0 Å². The lowest BCUT2D eigenvalue weighted by atomic mass is 10.2. The van der Waals surface area contributed by atoms with Crippen molar-refractivity contribution in [3.63, 3.8) is 0 Å². The van der Waals surface area contributed by atoms with E-state index in [1.807, 2.05) is 30.3 Å². The molecule has 21 heavy (non-hydrogen) atoms. The smallest absolute Gasteiger partial charge is 0.191 e. The number of hydrogen-bond donors (Lipinski definition) is 2. The zero-order valence-corrected chi connectivity index (χ0v) is 12.9. The number of aliphatic imine (C=N–C) groups is 1. The second-order valence-electron chi connectivity index (χ2n) is 5.20. The Morgan fingerprint density at radius 3 is 2.62 bits per heavy atom. The summed E-state index contributed by atoms with van der Waals surface area (Å²) in [6, 6.07) is 10.4. The molecular formula is C17H25N3O. The predicted octanol–water partition coefficient (Wildman–Crippen LogP) is 2.73. The van der Waals surface area contributed by atoms with E-state index in [2.05, 4.69) is 34.7 Å². The maximum absolute atomic E-state index is 5.97. The topological polar surface area (TPSA) is 45.7 Å². The first kappa shape index (κ1) is 15.4. The van der Waals surface area contributed by atoms with E-state index < -0.39 is 0 Å². The van der Waals surface area contributed by atoms with Crippen LogP contribution in [0, 0.1) is 0 Å². The number of para-hydroxylation sites is 1. The third-order valence-corrected chi connectivity index (χ3v) is 3.57. The van der Waals surface area contributed by atoms with Gasteiger partial charge in [0.2, 0.25) is 0 Å². The normalized spacial score (nSPS) is 16.8. The van der Waals surface area contributed by atoms with Gasteiger partial charge < -0.3 is 15.4 Å². The van der Waals surface area contributed by atoms with Crippen LogP contribution in [0.3, 0.4) is 0 Å². The summed E-state index contributed by atoms with van der Waals surface area (Å²) in [4.78, 5) is 4.28. The highest BCUT2D eigenvalue weighted by Crippen LogP contribution is 2.12. The van der Waals surface area contributed by atoms with Gasteiger partial charge in [0.1, 0.15) is 11.9 Å².